The van der Waals surface area contributed by atoms with Crippen molar-refractivity contribution in [3.8, 4) is 0 Å². The Kier molecular flexibility index (Phi) is 3.93. The number of anilines is 1. The Hall–Kier alpha value is -2.45. The van der Waals surface area contributed by atoms with E-state index in [9.17, 15) is 9.59 Å². The predicted molar refractivity (Wildman–Crippen MR) is 96.1 cm³/mol. The van der Waals surface area contributed by atoms with Crippen LogP contribution in [0.4, 0.5) is 5.95 Å². The number of thiophene rings is 1. The lowest BCUT2D eigenvalue weighted by molar-refractivity contribution is -0.117. The van der Waals surface area contributed by atoms with Crippen LogP contribution in [0, 0.1) is 0 Å². The van der Waals surface area contributed by atoms with E-state index in [2.05, 4.69) is 15.3 Å². The Morgan fingerprint density at radius 3 is 2.92 bits per heavy atom. The van der Waals surface area contributed by atoms with E-state index in [4.69, 9.17) is 11.6 Å². The van der Waals surface area contributed by atoms with Crippen LogP contribution in [-0.2, 0) is 4.79 Å². The number of amides is 2. The summed E-state index contributed by atoms with van der Waals surface area (Å²) >= 11 is 7.52. The smallest absolute Gasteiger partial charge is 0.271 e. The summed E-state index contributed by atoms with van der Waals surface area (Å²) in [5.74, 6) is -0.262. The van der Waals surface area contributed by atoms with Crippen LogP contribution in [0.5, 0.6) is 0 Å². The molecule has 9 heteroatoms. The van der Waals surface area contributed by atoms with E-state index in [-0.39, 0.29) is 30.3 Å². The third-order valence-electron chi connectivity index (χ3n) is 4.08. The molecule has 7 nitrogen and oxygen atoms in total. The average Bonchev–Trinajstić information content (AvgIpc) is 3.09. The molecule has 0 fully saturated rings. The predicted octanol–water partition coefficient (Wildman–Crippen LogP) is 2.80. The summed E-state index contributed by atoms with van der Waals surface area (Å²) in [5.41, 5.74) is 1.55. The zero-order valence-electron chi connectivity index (χ0n) is 13.3. The Morgan fingerprint density at radius 2 is 2.16 bits per heavy atom. The molecule has 0 aromatic carbocycles. The number of aromatic nitrogens is 3. The van der Waals surface area contributed by atoms with E-state index in [1.165, 1.54) is 11.3 Å². The zero-order chi connectivity index (χ0) is 17.6. The fourth-order valence-electron chi connectivity index (χ4n) is 3.10. The summed E-state index contributed by atoms with van der Waals surface area (Å²) in [6, 6.07) is 5.44. The molecule has 4 rings (SSSR count). The van der Waals surface area contributed by atoms with Crippen LogP contribution in [0.2, 0.25) is 4.34 Å². The van der Waals surface area contributed by atoms with Gasteiger partial charge in [0.1, 0.15) is 12.2 Å². The number of carbonyl (C=O) groups is 2. The largest absolute Gasteiger partial charge is 0.331 e. The first kappa shape index (κ1) is 16.0. The first-order valence-electron chi connectivity index (χ1n) is 7.69. The van der Waals surface area contributed by atoms with Crippen molar-refractivity contribution in [3.63, 3.8) is 0 Å². The summed E-state index contributed by atoms with van der Waals surface area (Å²) < 4.78 is 3.67. The first-order valence-corrected chi connectivity index (χ1v) is 8.89. The molecule has 0 radical (unpaired) electrons. The van der Waals surface area contributed by atoms with Gasteiger partial charge in [-0.05, 0) is 25.1 Å². The van der Waals surface area contributed by atoms with Gasteiger partial charge in [-0.25, -0.2) is 9.97 Å². The summed E-state index contributed by atoms with van der Waals surface area (Å²) in [5, 5.41) is 2.60. The highest BCUT2D eigenvalue weighted by atomic mass is 35.5. The van der Waals surface area contributed by atoms with Crippen molar-refractivity contribution in [2.24, 2.45) is 0 Å². The van der Waals surface area contributed by atoms with Crippen LogP contribution in [0.25, 0.3) is 10.2 Å². The van der Waals surface area contributed by atoms with E-state index >= 15 is 0 Å². The highest BCUT2D eigenvalue weighted by Gasteiger charge is 2.32. The normalized spacial score (nSPS) is 17.0. The molecule has 2 amide bonds. The van der Waals surface area contributed by atoms with Crippen molar-refractivity contribution in [1.29, 1.82) is 0 Å². The van der Waals surface area contributed by atoms with Gasteiger partial charge in [0, 0.05) is 25.0 Å². The fraction of sp³-hybridized carbons (Fsp3) is 0.250. The average molecular weight is 376 g/mol. The van der Waals surface area contributed by atoms with Gasteiger partial charge in [0.15, 0.2) is 0 Å². The zero-order valence-corrected chi connectivity index (χ0v) is 14.8. The van der Waals surface area contributed by atoms with Crippen LogP contribution in [0.1, 0.15) is 23.5 Å². The maximum Gasteiger partial charge on any atom is 0.271 e. The van der Waals surface area contributed by atoms with E-state index in [0.29, 0.717) is 16.6 Å². The van der Waals surface area contributed by atoms with E-state index in [1.54, 1.807) is 23.4 Å². The first-order chi connectivity index (χ1) is 12.0. The SMILES string of the molecule is C[C@@H]1CN(CC(=O)Nc2ncccn2)C(=O)c2cc3sc(Cl)cc3n21. The highest BCUT2D eigenvalue weighted by molar-refractivity contribution is 7.22. The minimum atomic E-state index is -0.323. The number of carbonyl (C=O) groups excluding carboxylic acids is 2. The number of nitrogens with zero attached hydrogens (tertiary/aromatic N) is 4. The van der Waals surface area contributed by atoms with Gasteiger partial charge < -0.3 is 9.47 Å². The van der Waals surface area contributed by atoms with Crippen molar-refractivity contribution < 1.29 is 9.59 Å². The molecule has 3 aromatic heterocycles. The number of hydrogen-bond donors (Lipinski definition) is 1. The molecular formula is C16H14ClN5O2S. The summed E-state index contributed by atoms with van der Waals surface area (Å²) in [7, 11) is 0. The van der Waals surface area contributed by atoms with E-state index in [1.807, 2.05) is 23.6 Å². The molecule has 0 saturated heterocycles. The second kappa shape index (κ2) is 6.12. The Labute approximate surface area is 152 Å². The van der Waals surface area contributed by atoms with Crippen molar-refractivity contribution in [2.75, 3.05) is 18.4 Å². The highest BCUT2D eigenvalue weighted by Crippen LogP contribution is 2.36. The van der Waals surface area contributed by atoms with Gasteiger partial charge in [0.2, 0.25) is 11.9 Å². The van der Waals surface area contributed by atoms with Crippen LogP contribution < -0.4 is 5.32 Å². The molecule has 128 valence electrons. The lowest BCUT2D eigenvalue weighted by atomic mass is 10.2. The number of halogens is 1. The molecule has 0 unspecified atom stereocenters. The van der Waals surface area contributed by atoms with Crippen molar-refractivity contribution in [1.82, 2.24) is 19.4 Å². The molecule has 1 atom stereocenters. The third-order valence-corrected chi connectivity index (χ3v) is 5.28. The van der Waals surface area contributed by atoms with Crippen molar-refractivity contribution in [2.45, 2.75) is 13.0 Å². The van der Waals surface area contributed by atoms with E-state index < -0.39 is 0 Å². The number of rotatable bonds is 3. The molecule has 0 spiro atoms. The maximum atomic E-state index is 12.8. The Balaban J connectivity index is 1.55. The Morgan fingerprint density at radius 1 is 1.40 bits per heavy atom. The van der Waals surface area contributed by atoms with Gasteiger partial charge in [0.25, 0.3) is 5.91 Å². The number of nitrogens with one attached hydrogen (secondary N) is 1. The molecule has 0 bridgehead atoms. The molecule has 4 heterocycles. The molecule has 0 saturated carbocycles. The van der Waals surface area contributed by atoms with Gasteiger partial charge in [-0.3, -0.25) is 14.9 Å². The monoisotopic (exact) mass is 375 g/mol. The maximum absolute atomic E-state index is 12.8. The van der Waals surface area contributed by atoms with Crippen LogP contribution in [0.3, 0.4) is 0 Å². The molecular weight excluding hydrogens is 362 g/mol. The minimum absolute atomic E-state index is 0.0407. The van der Waals surface area contributed by atoms with Gasteiger partial charge in [0.05, 0.1) is 14.6 Å². The summed E-state index contributed by atoms with van der Waals surface area (Å²) in [6.45, 7) is 2.43. The van der Waals surface area contributed by atoms with Crippen molar-refractivity contribution in [3.05, 3.63) is 40.6 Å². The Bertz CT molecular complexity index is 968. The molecule has 1 aliphatic heterocycles. The number of fused-ring (bicyclic) bond motifs is 3. The minimum Gasteiger partial charge on any atom is -0.331 e. The number of hydrogen-bond acceptors (Lipinski definition) is 5. The van der Waals surface area contributed by atoms with Gasteiger partial charge in [-0.1, -0.05) is 11.6 Å². The molecule has 25 heavy (non-hydrogen) atoms. The topological polar surface area (TPSA) is 80.1 Å². The lowest BCUT2D eigenvalue weighted by Crippen LogP contribution is -2.45. The molecule has 1 aliphatic rings. The molecule has 3 aromatic rings. The van der Waals surface area contributed by atoms with Gasteiger partial charge in [-0.2, -0.15) is 0 Å². The fourth-order valence-corrected chi connectivity index (χ4v) is 4.27. The standard InChI is InChI=1S/C16H14ClN5O2S/c1-9-7-21(8-14(23)20-16-18-3-2-4-19-16)15(24)11-5-12-10(22(9)11)6-13(17)25-12/h2-6,9H,7-8H2,1H3,(H,18,19,20,23)/t9-/m1/s1. The molecule has 0 aliphatic carbocycles. The van der Waals surface area contributed by atoms with Gasteiger partial charge >= 0.3 is 0 Å². The van der Waals surface area contributed by atoms with Gasteiger partial charge in [-0.15, -0.1) is 11.3 Å². The van der Waals surface area contributed by atoms with Crippen LogP contribution in [-0.4, -0.2) is 44.3 Å². The second-order valence-electron chi connectivity index (χ2n) is 5.85. The van der Waals surface area contributed by atoms with Crippen molar-refractivity contribution >= 4 is 50.9 Å². The molecule has 1 N–H and O–H groups in total. The second-order valence-corrected chi connectivity index (χ2v) is 7.57. The van der Waals surface area contributed by atoms with Crippen LogP contribution >= 0.6 is 22.9 Å². The quantitative estimate of drug-likeness (QED) is 0.763. The lowest BCUT2D eigenvalue weighted by Gasteiger charge is -2.32. The summed E-state index contributed by atoms with van der Waals surface area (Å²) in [4.78, 5) is 34.4. The van der Waals surface area contributed by atoms with Crippen LogP contribution in [0.15, 0.2) is 30.6 Å². The summed E-state index contributed by atoms with van der Waals surface area (Å²) in [6.07, 6.45) is 3.09. The van der Waals surface area contributed by atoms with E-state index in [0.717, 1.165) is 10.2 Å². The third kappa shape index (κ3) is 2.87.